The predicted octanol–water partition coefficient (Wildman–Crippen LogP) is 2.32. The van der Waals surface area contributed by atoms with Gasteiger partial charge in [0.1, 0.15) is 0 Å². The van der Waals surface area contributed by atoms with E-state index < -0.39 is 0 Å². The summed E-state index contributed by atoms with van der Waals surface area (Å²) >= 11 is 0. The average Bonchev–Trinajstić information content (AvgIpc) is 2.50. The van der Waals surface area contributed by atoms with Gasteiger partial charge in [0, 0.05) is 33.3 Å². The zero-order valence-corrected chi connectivity index (χ0v) is 17.1. The van der Waals surface area contributed by atoms with Gasteiger partial charge in [0.25, 0.3) is 0 Å². The molecular weight excluding hydrogens is 391 g/mol. The molecule has 0 aromatic carbocycles. The number of methoxy groups -OCH3 is 1. The number of hydrogen-bond donors (Lipinski definition) is 2. The second kappa shape index (κ2) is 13.4. The fourth-order valence-electron chi connectivity index (χ4n) is 2.71. The molecule has 1 aliphatic carbocycles. The fourth-order valence-corrected chi connectivity index (χ4v) is 2.71. The van der Waals surface area contributed by atoms with Gasteiger partial charge in [-0.2, -0.15) is 0 Å². The maximum Gasteiger partial charge on any atom is 0.191 e. The molecule has 0 saturated heterocycles. The lowest BCUT2D eigenvalue weighted by atomic mass is 9.87. The zero-order valence-electron chi connectivity index (χ0n) is 14.7. The smallest absolute Gasteiger partial charge is 0.191 e. The quantitative estimate of drug-likeness (QED) is 0.271. The maximum absolute atomic E-state index is 5.08. The highest BCUT2D eigenvalue weighted by molar-refractivity contribution is 14.0. The summed E-state index contributed by atoms with van der Waals surface area (Å²) in [6, 6.07) is 0.594. The molecule has 0 bridgehead atoms. The molecule has 1 aliphatic rings. The molecule has 1 fully saturated rings. The van der Waals surface area contributed by atoms with Crippen LogP contribution in [0, 0.1) is 5.92 Å². The highest BCUT2D eigenvalue weighted by atomic mass is 127. The van der Waals surface area contributed by atoms with Gasteiger partial charge in [-0.3, -0.25) is 4.99 Å². The first kappa shape index (κ1) is 21.9. The minimum Gasteiger partial charge on any atom is -0.383 e. The second-order valence-corrected chi connectivity index (χ2v) is 6.25. The second-order valence-electron chi connectivity index (χ2n) is 6.25. The number of likely N-dealkylation sites (N-methyl/N-ethyl adjacent to an activating group) is 1. The van der Waals surface area contributed by atoms with E-state index >= 15 is 0 Å². The van der Waals surface area contributed by atoms with Crippen LogP contribution in [0.3, 0.4) is 0 Å². The van der Waals surface area contributed by atoms with Crippen LogP contribution < -0.4 is 10.6 Å². The van der Waals surface area contributed by atoms with Gasteiger partial charge in [-0.05, 0) is 51.6 Å². The van der Waals surface area contributed by atoms with Crippen molar-refractivity contribution in [2.75, 3.05) is 47.4 Å². The van der Waals surface area contributed by atoms with E-state index in [4.69, 9.17) is 4.74 Å². The van der Waals surface area contributed by atoms with Gasteiger partial charge in [-0.1, -0.05) is 6.92 Å². The largest absolute Gasteiger partial charge is 0.383 e. The van der Waals surface area contributed by atoms with Crippen LogP contribution in [0.4, 0.5) is 0 Å². The summed E-state index contributed by atoms with van der Waals surface area (Å²) < 4.78 is 5.08. The lowest BCUT2D eigenvalue weighted by molar-refractivity contribution is 0.161. The zero-order chi connectivity index (χ0) is 15.5. The summed E-state index contributed by atoms with van der Waals surface area (Å²) in [5.74, 6) is 1.84. The minimum atomic E-state index is 0. The summed E-state index contributed by atoms with van der Waals surface area (Å²) in [4.78, 5) is 6.62. The minimum absolute atomic E-state index is 0. The van der Waals surface area contributed by atoms with Crippen LogP contribution in [0.25, 0.3) is 0 Å². The third-order valence-corrected chi connectivity index (χ3v) is 4.27. The Morgan fingerprint density at radius 3 is 2.50 bits per heavy atom. The molecule has 0 atom stereocenters. The number of nitrogens with one attached hydrogen (secondary N) is 2. The van der Waals surface area contributed by atoms with Gasteiger partial charge in [-0.25, -0.2) is 0 Å². The van der Waals surface area contributed by atoms with E-state index in [-0.39, 0.29) is 24.0 Å². The number of nitrogens with zero attached hydrogens (tertiary/aromatic N) is 2. The Bertz CT molecular complexity index is 294. The third-order valence-electron chi connectivity index (χ3n) is 4.27. The van der Waals surface area contributed by atoms with Crippen LogP contribution >= 0.6 is 24.0 Å². The Hall–Kier alpha value is -0.0800. The number of hydrogen-bond acceptors (Lipinski definition) is 3. The van der Waals surface area contributed by atoms with E-state index in [9.17, 15) is 0 Å². The number of ether oxygens (including phenoxy) is 1. The molecule has 1 saturated carbocycles. The molecule has 1 rings (SSSR count). The van der Waals surface area contributed by atoms with Gasteiger partial charge in [-0.15, -0.1) is 24.0 Å². The van der Waals surface area contributed by atoms with Crippen molar-refractivity contribution < 1.29 is 4.74 Å². The Balaban J connectivity index is 0.00000441. The Morgan fingerprint density at radius 2 is 1.91 bits per heavy atom. The molecule has 6 heteroatoms. The SMILES string of the molecule is CN=C(NCCCN(C)CCOC)NC1CCC(C)CC1.I. The molecule has 0 aromatic heterocycles. The number of rotatable bonds is 8. The maximum atomic E-state index is 5.08. The molecular formula is C16H35IN4O. The molecule has 0 radical (unpaired) electrons. The van der Waals surface area contributed by atoms with E-state index in [0.29, 0.717) is 6.04 Å². The van der Waals surface area contributed by atoms with Gasteiger partial charge < -0.3 is 20.3 Å². The lowest BCUT2D eigenvalue weighted by Gasteiger charge is -2.28. The van der Waals surface area contributed by atoms with Crippen LogP contribution in [-0.4, -0.2) is 64.3 Å². The van der Waals surface area contributed by atoms with Crippen molar-refractivity contribution >= 4 is 29.9 Å². The average molecular weight is 426 g/mol. The predicted molar refractivity (Wildman–Crippen MR) is 105 cm³/mol. The molecule has 0 spiro atoms. The van der Waals surface area contributed by atoms with Gasteiger partial charge in [0.2, 0.25) is 0 Å². The van der Waals surface area contributed by atoms with Crippen LogP contribution in [0.1, 0.15) is 39.0 Å². The summed E-state index contributed by atoms with van der Waals surface area (Å²) in [6.45, 7) is 6.18. The van der Waals surface area contributed by atoms with E-state index in [1.807, 2.05) is 7.05 Å². The monoisotopic (exact) mass is 426 g/mol. The lowest BCUT2D eigenvalue weighted by Crippen LogP contribution is -2.45. The summed E-state index contributed by atoms with van der Waals surface area (Å²) in [7, 11) is 5.73. The summed E-state index contributed by atoms with van der Waals surface area (Å²) in [6.07, 6.45) is 6.31. The van der Waals surface area contributed by atoms with Gasteiger partial charge >= 0.3 is 0 Å². The molecule has 0 heterocycles. The highest BCUT2D eigenvalue weighted by Crippen LogP contribution is 2.23. The van der Waals surface area contributed by atoms with Crippen molar-refractivity contribution in [1.29, 1.82) is 0 Å². The van der Waals surface area contributed by atoms with Crippen molar-refractivity contribution in [2.45, 2.75) is 45.1 Å². The van der Waals surface area contributed by atoms with Crippen LogP contribution in [-0.2, 0) is 4.74 Å². The Kier molecular flexibility index (Phi) is 13.3. The van der Waals surface area contributed by atoms with Crippen molar-refractivity contribution in [3.63, 3.8) is 0 Å². The molecule has 0 aliphatic heterocycles. The first-order valence-corrected chi connectivity index (χ1v) is 8.30. The topological polar surface area (TPSA) is 48.9 Å². The van der Waals surface area contributed by atoms with E-state index in [1.165, 1.54) is 25.7 Å². The van der Waals surface area contributed by atoms with Crippen LogP contribution in [0.15, 0.2) is 4.99 Å². The normalized spacial score (nSPS) is 22.3. The first-order valence-electron chi connectivity index (χ1n) is 8.30. The van der Waals surface area contributed by atoms with Crippen molar-refractivity contribution in [1.82, 2.24) is 15.5 Å². The molecule has 132 valence electrons. The van der Waals surface area contributed by atoms with Crippen LogP contribution in [0.5, 0.6) is 0 Å². The molecule has 0 unspecified atom stereocenters. The Labute approximate surface area is 153 Å². The van der Waals surface area contributed by atoms with Crippen molar-refractivity contribution in [3.05, 3.63) is 0 Å². The number of halogens is 1. The summed E-state index contributed by atoms with van der Waals surface area (Å²) in [5.41, 5.74) is 0. The van der Waals surface area contributed by atoms with Crippen molar-refractivity contribution in [3.8, 4) is 0 Å². The molecule has 0 amide bonds. The molecule has 22 heavy (non-hydrogen) atoms. The molecule has 2 N–H and O–H groups in total. The Morgan fingerprint density at radius 1 is 1.23 bits per heavy atom. The summed E-state index contributed by atoms with van der Waals surface area (Å²) in [5, 5.41) is 6.97. The number of guanidine groups is 1. The molecule has 5 nitrogen and oxygen atoms in total. The third kappa shape index (κ3) is 9.84. The van der Waals surface area contributed by atoms with E-state index in [2.05, 4.69) is 34.5 Å². The van der Waals surface area contributed by atoms with E-state index in [1.54, 1.807) is 7.11 Å². The highest BCUT2D eigenvalue weighted by Gasteiger charge is 2.18. The first-order chi connectivity index (χ1) is 10.2. The van der Waals surface area contributed by atoms with Gasteiger partial charge in [0.15, 0.2) is 5.96 Å². The van der Waals surface area contributed by atoms with Crippen molar-refractivity contribution in [2.24, 2.45) is 10.9 Å². The fraction of sp³-hybridized carbons (Fsp3) is 0.938. The standard InChI is InChI=1S/C16H34N4O.HI/c1-14-6-8-15(9-7-14)19-16(17-2)18-10-5-11-20(3)12-13-21-4;/h14-15H,5-13H2,1-4H3,(H2,17,18,19);1H. The molecule has 0 aromatic rings. The number of aliphatic imine (C=N–C) groups is 1. The van der Waals surface area contributed by atoms with Crippen LogP contribution in [0.2, 0.25) is 0 Å². The van der Waals surface area contributed by atoms with E-state index in [0.717, 1.165) is 44.5 Å². The van der Waals surface area contributed by atoms with Gasteiger partial charge in [0.05, 0.1) is 6.61 Å².